The Balaban J connectivity index is 2.07. The second-order valence-corrected chi connectivity index (χ2v) is 4.58. The number of rotatable bonds is 8. The molecule has 0 saturated heterocycles. The molecule has 0 atom stereocenters. The minimum atomic E-state index is -0.368. The van der Waals surface area contributed by atoms with Gasteiger partial charge in [-0.25, -0.2) is 4.98 Å². The first-order valence-electron chi connectivity index (χ1n) is 6.93. The molecular weight excluding hydrogens is 298 g/mol. The third kappa shape index (κ3) is 4.19. The van der Waals surface area contributed by atoms with Gasteiger partial charge in [-0.05, 0) is 12.1 Å². The fourth-order valence-electron chi connectivity index (χ4n) is 1.84. The van der Waals surface area contributed by atoms with Crippen LogP contribution in [0.5, 0.6) is 0 Å². The van der Waals surface area contributed by atoms with Crippen LogP contribution < -0.4 is 5.32 Å². The van der Waals surface area contributed by atoms with Crippen molar-refractivity contribution in [2.45, 2.75) is 6.54 Å². The lowest BCUT2D eigenvalue weighted by atomic mass is 10.3. The highest BCUT2D eigenvalue weighted by Gasteiger charge is 2.20. The van der Waals surface area contributed by atoms with E-state index < -0.39 is 0 Å². The summed E-state index contributed by atoms with van der Waals surface area (Å²) in [5.74, 6) is -0.226. The number of nitrogens with one attached hydrogen (secondary N) is 1. The molecule has 1 N–H and O–H groups in total. The molecule has 23 heavy (non-hydrogen) atoms. The summed E-state index contributed by atoms with van der Waals surface area (Å²) < 4.78 is 10.4. The lowest BCUT2D eigenvalue weighted by Gasteiger charge is -2.17. The van der Waals surface area contributed by atoms with Crippen LogP contribution in [0.15, 0.2) is 58.8 Å². The maximum absolute atomic E-state index is 12.3. The van der Waals surface area contributed by atoms with Crippen molar-refractivity contribution >= 4 is 11.8 Å². The van der Waals surface area contributed by atoms with Gasteiger partial charge in [-0.3, -0.25) is 9.59 Å². The smallest absolute Gasteiger partial charge is 0.290 e. The van der Waals surface area contributed by atoms with E-state index in [4.69, 9.17) is 8.83 Å². The normalized spacial score (nSPS) is 10.1. The molecule has 0 unspecified atom stereocenters. The van der Waals surface area contributed by atoms with Gasteiger partial charge in [0.15, 0.2) is 11.5 Å². The number of hydrogen-bond donors (Lipinski definition) is 1. The van der Waals surface area contributed by atoms with Crippen molar-refractivity contribution in [2.75, 3.05) is 13.1 Å². The number of amides is 2. The van der Waals surface area contributed by atoms with Gasteiger partial charge in [0.2, 0.25) is 5.89 Å². The summed E-state index contributed by atoms with van der Waals surface area (Å²) in [7, 11) is 0. The number of carbonyl (C=O) groups is 2. The van der Waals surface area contributed by atoms with Gasteiger partial charge in [-0.1, -0.05) is 12.2 Å². The van der Waals surface area contributed by atoms with Gasteiger partial charge < -0.3 is 19.1 Å². The maximum Gasteiger partial charge on any atom is 0.290 e. The minimum Gasteiger partial charge on any atom is -0.459 e. The van der Waals surface area contributed by atoms with Crippen LogP contribution in [0, 0.1) is 0 Å². The van der Waals surface area contributed by atoms with Crippen LogP contribution >= 0.6 is 0 Å². The van der Waals surface area contributed by atoms with Crippen LogP contribution in [0.3, 0.4) is 0 Å². The van der Waals surface area contributed by atoms with Crippen molar-refractivity contribution in [3.8, 4) is 0 Å². The summed E-state index contributed by atoms with van der Waals surface area (Å²) in [6.07, 6.45) is 5.82. The molecule has 0 aromatic carbocycles. The summed E-state index contributed by atoms with van der Waals surface area (Å²) in [6, 6.07) is 3.20. The van der Waals surface area contributed by atoms with E-state index in [2.05, 4.69) is 23.5 Å². The first kappa shape index (κ1) is 16.3. The Morgan fingerprint density at radius 3 is 2.78 bits per heavy atom. The van der Waals surface area contributed by atoms with Crippen LogP contribution in [0.25, 0.3) is 0 Å². The van der Waals surface area contributed by atoms with E-state index in [0.717, 1.165) is 0 Å². The number of hydrogen-bond acceptors (Lipinski definition) is 5. The van der Waals surface area contributed by atoms with E-state index >= 15 is 0 Å². The van der Waals surface area contributed by atoms with Gasteiger partial charge in [0, 0.05) is 13.1 Å². The first-order chi connectivity index (χ1) is 11.2. The van der Waals surface area contributed by atoms with Gasteiger partial charge in [0.1, 0.15) is 6.26 Å². The van der Waals surface area contributed by atoms with Gasteiger partial charge in [-0.15, -0.1) is 13.2 Å². The molecule has 2 heterocycles. The molecular formula is C16H17N3O4. The minimum absolute atomic E-state index is 0.0975. The highest BCUT2D eigenvalue weighted by Crippen LogP contribution is 2.11. The van der Waals surface area contributed by atoms with Gasteiger partial charge in [-0.2, -0.15) is 0 Å². The van der Waals surface area contributed by atoms with Gasteiger partial charge in [0.25, 0.3) is 11.8 Å². The molecule has 0 spiro atoms. The molecule has 0 radical (unpaired) electrons. The summed E-state index contributed by atoms with van der Waals surface area (Å²) in [5.41, 5.74) is 0.144. The van der Waals surface area contributed by atoms with Gasteiger partial charge >= 0.3 is 0 Å². The molecule has 2 aromatic rings. The van der Waals surface area contributed by atoms with Crippen molar-refractivity contribution in [3.63, 3.8) is 0 Å². The Kier molecular flexibility index (Phi) is 5.51. The van der Waals surface area contributed by atoms with Crippen LogP contribution in [-0.4, -0.2) is 34.8 Å². The Bertz CT molecular complexity index is 688. The second-order valence-electron chi connectivity index (χ2n) is 4.58. The zero-order valence-corrected chi connectivity index (χ0v) is 12.5. The predicted molar refractivity (Wildman–Crippen MR) is 82.7 cm³/mol. The van der Waals surface area contributed by atoms with Crippen molar-refractivity contribution in [3.05, 3.63) is 67.3 Å². The molecule has 0 aliphatic carbocycles. The van der Waals surface area contributed by atoms with Crippen LogP contribution in [0.4, 0.5) is 0 Å². The highest BCUT2D eigenvalue weighted by atomic mass is 16.3. The van der Waals surface area contributed by atoms with Gasteiger partial charge in [0.05, 0.1) is 12.8 Å². The molecule has 0 fully saturated rings. The summed E-state index contributed by atoms with van der Waals surface area (Å²) in [6.45, 7) is 7.86. The van der Waals surface area contributed by atoms with E-state index in [1.165, 1.54) is 17.4 Å². The summed E-state index contributed by atoms with van der Waals surface area (Å²) in [5, 5.41) is 2.59. The molecule has 0 bridgehead atoms. The van der Waals surface area contributed by atoms with Crippen LogP contribution in [0.2, 0.25) is 0 Å². The second kappa shape index (κ2) is 7.79. The van der Waals surface area contributed by atoms with E-state index in [1.807, 2.05) is 0 Å². The van der Waals surface area contributed by atoms with Crippen LogP contribution in [0.1, 0.15) is 26.9 Å². The Morgan fingerprint density at radius 1 is 1.30 bits per heavy atom. The number of carbonyl (C=O) groups excluding carboxylic acids is 2. The third-order valence-corrected chi connectivity index (χ3v) is 2.89. The van der Waals surface area contributed by atoms with Crippen molar-refractivity contribution in [1.29, 1.82) is 0 Å². The summed E-state index contributed by atoms with van der Waals surface area (Å²) in [4.78, 5) is 29.6. The van der Waals surface area contributed by atoms with E-state index in [0.29, 0.717) is 13.1 Å². The first-order valence-corrected chi connectivity index (χ1v) is 6.93. The number of nitrogens with zero attached hydrogens (tertiary/aromatic N) is 2. The SMILES string of the molecule is C=CCNC(=O)c1coc(CN(CC=C)C(=O)c2ccco2)n1. The van der Waals surface area contributed by atoms with E-state index in [1.54, 1.807) is 24.3 Å². The topological polar surface area (TPSA) is 88.6 Å². The zero-order valence-electron chi connectivity index (χ0n) is 12.5. The Labute approximate surface area is 133 Å². The van der Waals surface area contributed by atoms with Crippen molar-refractivity contribution in [1.82, 2.24) is 15.2 Å². The van der Waals surface area contributed by atoms with Crippen molar-refractivity contribution < 1.29 is 18.4 Å². The zero-order chi connectivity index (χ0) is 16.7. The molecule has 0 aliphatic rings. The molecule has 7 nitrogen and oxygen atoms in total. The molecule has 120 valence electrons. The molecule has 0 aliphatic heterocycles. The number of furan rings is 1. The summed E-state index contributed by atoms with van der Waals surface area (Å²) >= 11 is 0. The van der Waals surface area contributed by atoms with Crippen molar-refractivity contribution in [2.24, 2.45) is 0 Å². The number of oxazole rings is 1. The average Bonchev–Trinajstić information content (AvgIpc) is 3.23. The number of aromatic nitrogens is 1. The van der Waals surface area contributed by atoms with E-state index in [9.17, 15) is 9.59 Å². The predicted octanol–water partition coefficient (Wildman–Crippen LogP) is 2.01. The third-order valence-electron chi connectivity index (χ3n) is 2.89. The quantitative estimate of drug-likeness (QED) is 0.753. The fraction of sp³-hybridized carbons (Fsp3) is 0.188. The van der Waals surface area contributed by atoms with Crippen LogP contribution in [-0.2, 0) is 6.54 Å². The molecule has 2 aromatic heterocycles. The fourth-order valence-corrected chi connectivity index (χ4v) is 1.84. The average molecular weight is 315 g/mol. The lowest BCUT2D eigenvalue weighted by Crippen LogP contribution is -2.30. The standard InChI is InChI=1S/C16H17N3O4/c1-3-7-17-15(20)12-11-23-14(18-12)10-19(8-4-2)16(21)13-6-5-9-22-13/h3-6,9,11H,1-2,7-8,10H2,(H,17,20). The Morgan fingerprint density at radius 2 is 2.13 bits per heavy atom. The lowest BCUT2D eigenvalue weighted by molar-refractivity contribution is 0.0717. The van der Waals surface area contributed by atoms with E-state index in [-0.39, 0.29) is 35.7 Å². The molecule has 2 amide bonds. The molecule has 0 saturated carbocycles. The largest absolute Gasteiger partial charge is 0.459 e. The monoisotopic (exact) mass is 315 g/mol. The maximum atomic E-state index is 12.3. The molecule has 2 rings (SSSR count). The highest BCUT2D eigenvalue weighted by molar-refractivity contribution is 5.92. The Hall–Kier alpha value is -3.09. The molecule has 7 heteroatoms.